The molecule has 1 fully saturated rings. The van der Waals surface area contributed by atoms with Gasteiger partial charge in [-0.25, -0.2) is 45.8 Å². The summed E-state index contributed by atoms with van der Waals surface area (Å²) in [5, 5.41) is 3.97. The van der Waals surface area contributed by atoms with E-state index in [1.807, 2.05) is 4.90 Å². The Morgan fingerprint density at radius 1 is 1.35 bits per heavy atom. The minimum atomic E-state index is -3.35. The monoisotopic (exact) mass is 457 g/mol. The van der Waals surface area contributed by atoms with Crippen LogP contribution in [-0.2, 0) is 14.8 Å². The summed E-state index contributed by atoms with van der Waals surface area (Å²) in [6, 6.07) is 1.64. The molecule has 0 aromatic carbocycles. The van der Waals surface area contributed by atoms with Gasteiger partial charge in [0.1, 0.15) is 17.8 Å². The number of halogens is 3. The van der Waals surface area contributed by atoms with E-state index < -0.39 is 28.0 Å². The fraction of sp³-hybridized carbons (Fsp3) is 0.412. The third-order valence-electron chi connectivity index (χ3n) is 4.65. The number of nitrogens with zero attached hydrogens (tertiary/aromatic N) is 6. The number of hydrogen-bond acceptors (Lipinski definition) is 8. The highest BCUT2D eigenvalue weighted by atomic mass is 32.2. The van der Waals surface area contributed by atoms with Crippen molar-refractivity contribution in [1.82, 2.24) is 29.3 Å². The van der Waals surface area contributed by atoms with Crippen molar-refractivity contribution in [2.24, 2.45) is 0 Å². The van der Waals surface area contributed by atoms with Gasteiger partial charge in [-0.05, 0) is 0 Å². The number of fused-ring (bicyclic) bond motifs is 1. The SMILES string of the molecule is CS(=O)(=O)NC[C@@H]1CN(c2cc(-c3cnn4cc(F)c(C(F)F)nc34)ncn2)CCO1. The van der Waals surface area contributed by atoms with Crippen LogP contribution in [0.3, 0.4) is 0 Å². The second kappa shape index (κ2) is 8.36. The molecule has 1 saturated heterocycles. The van der Waals surface area contributed by atoms with Crippen molar-refractivity contribution in [1.29, 1.82) is 0 Å². The van der Waals surface area contributed by atoms with Crippen LogP contribution in [-0.4, -0.2) is 71.6 Å². The summed E-state index contributed by atoms with van der Waals surface area (Å²) < 4.78 is 71.6. The van der Waals surface area contributed by atoms with E-state index in [1.165, 1.54) is 12.5 Å². The van der Waals surface area contributed by atoms with E-state index in [0.717, 1.165) is 17.0 Å². The molecular formula is C17H18F3N7O3S. The van der Waals surface area contributed by atoms with Crippen molar-refractivity contribution in [3.8, 4) is 11.3 Å². The molecule has 1 aliphatic heterocycles. The second-order valence-corrected chi connectivity index (χ2v) is 8.76. The lowest BCUT2D eigenvalue weighted by molar-refractivity contribution is 0.0440. The predicted octanol–water partition coefficient (Wildman–Crippen LogP) is 1.02. The van der Waals surface area contributed by atoms with E-state index in [1.54, 1.807) is 6.07 Å². The topological polar surface area (TPSA) is 115 Å². The molecule has 0 saturated carbocycles. The number of rotatable bonds is 6. The highest BCUT2D eigenvalue weighted by Crippen LogP contribution is 2.27. The van der Waals surface area contributed by atoms with Crippen LogP contribution < -0.4 is 9.62 Å². The Kier molecular flexibility index (Phi) is 5.77. The molecule has 1 aliphatic rings. The molecule has 0 radical (unpaired) electrons. The first-order chi connectivity index (χ1) is 14.7. The average molecular weight is 457 g/mol. The van der Waals surface area contributed by atoms with Gasteiger partial charge in [0.15, 0.2) is 11.5 Å². The maximum Gasteiger partial charge on any atom is 0.283 e. The van der Waals surface area contributed by atoms with Crippen LogP contribution in [0.2, 0.25) is 0 Å². The number of ether oxygens (including phenoxy) is 1. The van der Waals surface area contributed by atoms with Crippen molar-refractivity contribution in [3.05, 3.63) is 36.3 Å². The van der Waals surface area contributed by atoms with Crippen LogP contribution in [0.1, 0.15) is 12.1 Å². The molecule has 1 N–H and O–H groups in total. The molecule has 3 aromatic heterocycles. The van der Waals surface area contributed by atoms with Crippen LogP contribution in [0.15, 0.2) is 24.8 Å². The van der Waals surface area contributed by atoms with Crippen molar-refractivity contribution in [3.63, 3.8) is 0 Å². The molecule has 1 atom stereocenters. The lowest BCUT2D eigenvalue weighted by Crippen LogP contribution is -2.47. The summed E-state index contributed by atoms with van der Waals surface area (Å²) >= 11 is 0. The summed E-state index contributed by atoms with van der Waals surface area (Å²) in [6.45, 7) is 1.38. The third-order valence-corrected chi connectivity index (χ3v) is 5.34. The Hall–Kier alpha value is -2.84. The third kappa shape index (κ3) is 4.75. The zero-order valence-corrected chi connectivity index (χ0v) is 17.1. The molecule has 0 aliphatic carbocycles. The van der Waals surface area contributed by atoms with Crippen molar-refractivity contribution < 1.29 is 26.3 Å². The molecule has 31 heavy (non-hydrogen) atoms. The molecule has 0 unspecified atom stereocenters. The molecule has 4 heterocycles. The summed E-state index contributed by atoms with van der Waals surface area (Å²) in [5.74, 6) is -0.615. The summed E-state index contributed by atoms with van der Waals surface area (Å²) in [7, 11) is -3.35. The number of nitrogens with one attached hydrogen (secondary N) is 1. The van der Waals surface area contributed by atoms with Gasteiger partial charge in [0.25, 0.3) is 6.43 Å². The molecule has 14 heteroatoms. The summed E-state index contributed by atoms with van der Waals surface area (Å²) in [6.07, 6.45) is 1.14. The van der Waals surface area contributed by atoms with Gasteiger partial charge in [-0.15, -0.1) is 0 Å². The van der Waals surface area contributed by atoms with Crippen LogP contribution in [0.4, 0.5) is 19.0 Å². The van der Waals surface area contributed by atoms with Crippen molar-refractivity contribution >= 4 is 21.5 Å². The number of sulfonamides is 1. The minimum Gasteiger partial charge on any atom is -0.373 e. The lowest BCUT2D eigenvalue weighted by atomic mass is 10.2. The van der Waals surface area contributed by atoms with E-state index in [2.05, 4.69) is 24.8 Å². The molecule has 0 spiro atoms. The maximum atomic E-state index is 13.8. The van der Waals surface area contributed by atoms with Crippen LogP contribution in [0.5, 0.6) is 0 Å². The van der Waals surface area contributed by atoms with E-state index in [9.17, 15) is 21.6 Å². The molecule has 4 rings (SSSR count). The van der Waals surface area contributed by atoms with E-state index in [4.69, 9.17) is 4.74 Å². The summed E-state index contributed by atoms with van der Waals surface area (Å²) in [5.41, 5.74) is -0.206. The maximum absolute atomic E-state index is 13.8. The lowest BCUT2D eigenvalue weighted by Gasteiger charge is -2.33. The van der Waals surface area contributed by atoms with Gasteiger partial charge in [-0.1, -0.05) is 0 Å². The number of aromatic nitrogens is 5. The first-order valence-corrected chi connectivity index (χ1v) is 11.1. The smallest absolute Gasteiger partial charge is 0.283 e. The molecular weight excluding hydrogens is 439 g/mol. The Bertz CT molecular complexity index is 1200. The van der Waals surface area contributed by atoms with Gasteiger partial charge in [0, 0.05) is 25.7 Å². The zero-order chi connectivity index (χ0) is 22.2. The fourth-order valence-corrected chi connectivity index (χ4v) is 3.69. The Balaban J connectivity index is 1.61. The van der Waals surface area contributed by atoms with Gasteiger partial charge in [-0.2, -0.15) is 5.10 Å². The largest absolute Gasteiger partial charge is 0.373 e. The van der Waals surface area contributed by atoms with Crippen LogP contribution in [0.25, 0.3) is 16.9 Å². The van der Waals surface area contributed by atoms with Crippen LogP contribution >= 0.6 is 0 Å². The normalized spacial score (nSPS) is 17.6. The number of anilines is 1. The predicted molar refractivity (Wildman–Crippen MR) is 104 cm³/mol. The van der Waals surface area contributed by atoms with E-state index in [-0.39, 0.29) is 18.3 Å². The zero-order valence-electron chi connectivity index (χ0n) is 16.2. The van der Waals surface area contributed by atoms with E-state index >= 15 is 0 Å². The van der Waals surface area contributed by atoms with E-state index in [0.29, 0.717) is 36.8 Å². The molecule has 3 aromatic rings. The molecule has 0 amide bonds. The number of hydrogen-bond donors (Lipinski definition) is 1. The fourth-order valence-electron chi connectivity index (χ4n) is 3.20. The highest BCUT2D eigenvalue weighted by molar-refractivity contribution is 7.88. The van der Waals surface area contributed by atoms with Crippen molar-refractivity contribution in [2.75, 3.05) is 37.4 Å². The first-order valence-electron chi connectivity index (χ1n) is 9.17. The quantitative estimate of drug-likeness (QED) is 0.584. The van der Waals surface area contributed by atoms with Gasteiger partial charge >= 0.3 is 0 Å². The highest BCUT2D eigenvalue weighted by Gasteiger charge is 2.24. The van der Waals surface area contributed by atoms with Gasteiger partial charge in [-0.3, -0.25) is 0 Å². The Morgan fingerprint density at radius 3 is 2.90 bits per heavy atom. The van der Waals surface area contributed by atoms with Crippen molar-refractivity contribution in [2.45, 2.75) is 12.5 Å². The average Bonchev–Trinajstić information content (AvgIpc) is 3.14. The van der Waals surface area contributed by atoms with Crippen LogP contribution in [0, 0.1) is 5.82 Å². The molecule has 0 bridgehead atoms. The standard InChI is InChI=1S/C17H18F3N7O3S/c1-31(28,29)24-5-10-7-26(2-3-30-10)14-4-13(21-9-22-14)11-6-23-27-8-12(18)15(16(19)20)25-17(11)27/h4,6,8-10,16,24H,2-3,5,7H2,1H3/t10-/m1/s1. The molecule has 166 valence electrons. The Morgan fingerprint density at radius 2 is 2.16 bits per heavy atom. The van der Waals surface area contributed by atoms with Gasteiger partial charge in [0.05, 0.1) is 42.6 Å². The Labute approximate surface area is 175 Å². The van der Waals surface area contributed by atoms with Gasteiger partial charge < -0.3 is 9.64 Å². The number of morpholine rings is 1. The molecule has 10 nitrogen and oxygen atoms in total. The first kappa shape index (κ1) is 21.4. The number of alkyl halides is 2. The minimum absolute atomic E-state index is 0.0403. The van der Waals surface area contributed by atoms with Gasteiger partial charge in [0.2, 0.25) is 10.0 Å². The second-order valence-electron chi connectivity index (χ2n) is 6.92. The summed E-state index contributed by atoms with van der Waals surface area (Å²) in [4.78, 5) is 14.0.